The average Bonchev–Trinajstić information content (AvgIpc) is 2.79. The van der Waals surface area contributed by atoms with Gasteiger partial charge in [0.1, 0.15) is 18.3 Å². The molecule has 0 spiro atoms. The summed E-state index contributed by atoms with van der Waals surface area (Å²) >= 11 is 0. The number of H-pyrrole nitrogens is 1. The lowest BCUT2D eigenvalue weighted by molar-refractivity contribution is -0.123. The number of aromatic nitrogens is 4. The average molecular weight is 439 g/mol. The fourth-order valence-electron chi connectivity index (χ4n) is 2.90. The third kappa shape index (κ3) is 5.03. The first-order chi connectivity index (χ1) is 15.3. The number of hydrogen-bond donors (Lipinski definition) is 4. The third-order valence-electron chi connectivity index (χ3n) is 4.57. The van der Waals surface area contributed by atoms with Crippen LogP contribution in [-0.4, -0.2) is 57.1 Å². The number of nitrogens with one attached hydrogen (secondary N) is 4. The molecular weight excluding hydrogens is 418 g/mol. The van der Waals surface area contributed by atoms with Crippen LogP contribution in [0.1, 0.15) is 16.2 Å². The zero-order valence-corrected chi connectivity index (χ0v) is 17.3. The van der Waals surface area contributed by atoms with Gasteiger partial charge in [0.2, 0.25) is 11.8 Å². The molecule has 12 heteroatoms. The Morgan fingerprint density at radius 3 is 2.47 bits per heavy atom. The van der Waals surface area contributed by atoms with Crippen LogP contribution in [0.15, 0.2) is 46.2 Å². The lowest BCUT2D eigenvalue weighted by Crippen LogP contribution is -2.52. The van der Waals surface area contributed by atoms with E-state index in [4.69, 9.17) is 0 Å². The number of aryl methyl sites for hydroxylation is 1. The second-order valence-corrected chi connectivity index (χ2v) is 6.87. The zero-order chi connectivity index (χ0) is 23.3. The molecule has 2 heterocycles. The van der Waals surface area contributed by atoms with Crippen molar-refractivity contribution < 1.29 is 14.4 Å². The van der Waals surface area contributed by atoms with Crippen molar-refractivity contribution in [3.8, 4) is 0 Å². The summed E-state index contributed by atoms with van der Waals surface area (Å²) in [5, 5.41) is 10.1. The van der Waals surface area contributed by atoms with Gasteiger partial charge in [-0.1, -0.05) is 12.1 Å². The van der Waals surface area contributed by atoms with Crippen LogP contribution in [0.5, 0.6) is 0 Å². The number of carbonyl (C=O) groups is 3. The van der Waals surface area contributed by atoms with Gasteiger partial charge in [-0.2, -0.15) is 0 Å². The van der Waals surface area contributed by atoms with E-state index in [0.29, 0.717) is 5.69 Å². The summed E-state index contributed by atoms with van der Waals surface area (Å²) in [4.78, 5) is 69.4. The maximum absolute atomic E-state index is 12.5. The number of fused-ring (bicyclic) bond motifs is 1. The Morgan fingerprint density at radius 2 is 1.81 bits per heavy atom. The number of rotatable bonds is 7. The first kappa shape index (κ1) is 22.3. The van der Waals surface area contributed by atoms with E-state index in [2.05, 4.69) is 31.0 Å². The number of amides is 3. The van der Waals surface area contributed by atoms with Crippen molar-refractivity contribution >= 4 is 28.5 Å². The first-order valence-corrected chi connectivity index (χ1v) is 9.60. The third-order valence-corrected chi connectivity index (χ3v) is 4.57. The first-order valence-electron chi connectivity index (χ1n) is 9.60. The van der Waals surface area contributed by atoms with Crippen LogP contribution >= 0.6 is 0 Å². The quantitative estimate of drug-likeness (QED) is 0.345. The van der Waals surface area contributed by atoms with Crippen LogP contribution in [0.4, 0.5) is 0 Å². The van der Waals surface area contributed by atoms with E-state index in [9.17, 15) is 24.0 Å². The van der Waals surface area contributed by atoms with Crippen molar-refractivity contribution in [3.63, 3.8) is 0 Å². The number of aromatic amines is 1. The van der Waals surface area contributed by atoms with Crippen LogP contribution < -0.4 is 27.1 Å². The van der Waals surface area contributed by atoms with E-state index in [-0.39, 0.29) is 23.0 Å². The van der Waals surface area contributed by atoms with Crippen LogP contribution in [-0.2, 0) is 16.1 Å². The lowest BCUT2D eigenvalue weighted by atomic mass is 10.2. The van der Waals surface area contributed by atoms with E-state index in [0.717, 1.165) is 4.68 Å². The molecule has 12 nitrogen and oxygen atoms in total. The summed E-state index contributed by atoms with van der Waals surface area (Å²) in [7, 11) is 1.38. The maximum Gasteiger partial charge on any atom is 0.273 e. The zero-order valence-electron chi connectivity index (χ0n) is 17.3. The molecule has 3 amide bonds. The van der Waals surface area contributed by atoms with Gasteiger partial charge in [0.15, 0.2) is 0 Å². The van der Waals surface area contributed by atoms with Gasteiger partial charge in [0, 0.05) is 19.8 Å². The Hall–Kier alpha value is -4.35. The van der Waals surface area contributed by atoms with E-state index >= 15 is 0 Å². The SMILES string of the molecule is CNC(=O)[C@H](CNC(=O)Cn1[nH]c(=O)c2ccccc2c1=O)NC(=O)c1cnc(C)cn1. The fourth-order valence-corrected chi connectivity index (χ4v) is 2.90. The Morgan fingerprint density at radius 1 is 1.09 bits per heavy atom. The Bertz CT molecular complexity index is 1280. The topological polar surface area (TPSA) is 168 Å². The Kier molecular flexibility index (Phi) is 6.73. The molecule has 0 saturated heterocycles. The predicted octanol–water partition coefficient (Wildman–Crippen LogP) is -1.55. The van der Waals surface area contributed by atoms with Crippen LogP contribution in [0.2, 0.25) is 0 Å². The number of likely N-dealkylation sites (N-methyl/N-ethyl adjacent to an activating group) is 1. The summed E-state index contributed by atoms with van der Waals surface area (Å²) in [6.45, 7) is 0.985. The van der Waals surface area contributed by atoms with E-state index in [1.165, 1.54) is 31.6 Å². The summed E-state index contributed by atoms with van der Waals surface area (Å²) in [5.41, 5.74) is -0.415. The smallest absolute Gasteiger partial charge is 0.273 e. The monoisotopic (exact) mass is 439 g/mol. The molecule has 0 unspecified atom stereocenters. The highest BCUT2D eigenvalue weighted by Gasteiger charge is 2.22. The molecule has 1 atom stereocenters. The fraction of sp³-hybridized carbons (Fsp3) is 0.250. The molecule has 0 aliphatic carbocycles. The lowest BCUT2D eigenvalue weighted by Gasteiger charge is -2.18. The Balaban J connectivity index is 1.69. The molecule has 0 saturated carbocycles. The highest BCUT2D eigenvalue weighted by Crippen LogP contribution is 2.02. The number of carbonyl (C=O) groups excluding carboxylic acids is 3. The van der Waals surface area contributed by atoms with Crippen molar-refractivity contribution in [2.24, 2.45) is 0 Å². The molecule has 2 aromatic heterocycles. The molecule has 0 aliphatic rings. The number of nitrogens with zero attached hydrogens (tertiary/aromatic N) is 3. The molecule has 0 fully saturated rings. The van der Waals surface area contributed by atoms with Crippen LogP contribution in [0, 0.1) is 6.92 Å². The van der Waals surface area contributed by atoms with Gasteiger partial charge >= 0.3 is 0 Å². The molecule has 32 heavy (non-hydrogen) atoms. The number of hydrogen-bond acceptors (Lipinski definition) is 7. The highest BCUT2D eigenvalue weighted by atomic mass is 16.2. The summed E-state index contributed by atoms with van der Waals surface area (Å²) in [6, 6.07) is 5.14. The second kappa shape index (κ2) is 9.64. The van der Waals surface area contributed by atoms with Crippen molar-refractivity contribution in [1.82, 2.24) is 35.7 Å². The van der Waals surface area contributed by atoms with Gasteiger partial charge in [-0.05, 0) is 19.1 Å². The predicted molar refractivity (Wildman–Crippen MR) is 114 cm³/mol. The van der Waals surface area contributed by atoms with Gasteiger partial charge in [0.05, 0.1) is 22.7 Å². The van der Waals surface area contributed by atoms with Crippen molar-refractivity contribution in [3.05, 3.63) is 68.8 Å². The molecular formula is C20H21N7O5. The van der Waals surface area contributed by atoms with Crippen molar-refractivity contribution in [2.45, 2.75) is 19.5 Å². The normalized spacial score (nSPS) is 11.6. The molecule has 0 radical (unpaired) electrons. The second-order valence-electron chi connectivity index (χ2n) is 6.87. The molecule has 1 aromatic carbocycles. The summed E-state index contributed by atoms with van der Waals surface area (Å²) in [5.74, 6) is -1.83. The van der Waals surface area contributed by atoms with E-state index in [1.54, 1.807) is 19.1 Å². The minimum Gasteiger partial charge on any atom is -0.357 e. The molecule has 0 aliphatic heterocycles. The molecule has 166 valence electrons. The van der Waals surface area contributed by atoms with Crippen LogP contribution in [0.25, 0.3) is 10.8 Å². The standard InChI is InChI=1S/C20H21N7O5/c1-11-7-23-14(8-22-11)19(31)25-15(18(30)21-2)9-24-16(28)10-27-20(32)13-6-4-3-5-12(13)17(29)26-27/h3-8,15H,9-10H2,1-2H3,(H,21,30)(H,24,28)(H,25,31)(H,26,29)/t15-/m0/s1. The largest absolute Gasteiger partial charge is 0.357 e. The maximum atomic E-state index is 12.5. The molecule has 0 bridgehead atoms. The van der Waals surface area contributed by atoms with Crippen molar-refractivity contribution in [1.29, 1.82) is 0 Å². The minimum absolute atomic E-state index is 0.0103. The van der Waals surface area contributed by atoms with Gasteiger partial charge < -0.3 is 16.0 Å². The van der Waals surface area contributed by atoms with E-state index < -0.39 is 41.4 Å². The van der Waals surface area contributed by atoms with Gasteiger partial charge in [-0.25, -0.2) is 9.67 Å². The minimum atomic E-state index is -1.10. The molecule has 4 N–H and O–H groups in total. The Labute approximate surface area is 181 Å². The summed E-state index contributed by atoms with van der Waals surface area (Å²) < 4.78 is 0.884. The highest BCUT2D eigenvalue weighted by molar-refractivity contribution is 5.96. The van der Waals surface area contributed by atoms with Gasteiger partial charge in [-0.3, -0.25) is 34.1 Å². The summed E-state index contributed by atoms with van der Waals surface area (Å²) in [6.07, 6.45) is 2.68. The molecule has 3 aromatic rings. The van der Waals surface area contributed by atoms with Gasteiger partial charge in [-0.15, -0.1) is 0 Å². The molecule has 3 rings (SSSR count). The van der Waals surface area contributed by atoms with Crippen molar-refractivity contribution in [2.75, 3.05) is 13.6 Å². The van der Waals surface area contributed by atoms with Gasteiger partial charge in [0.25, 0.3) is 17.0 Å². The van der Waals surface area contributed by atoms with Crippen LogP contribution in [0.3, 0.4) is 0 Å². The van der Waals surface area contributed by atoms with E-state index in [1.807, 2.05) is 0 Å². The number of benzene rings is 1.